The second-order valence-electron chi connectivity index (χ2n) is 6.29. The molecule has 6 heteroatoms. The Kier molecular flexibility index (Phi) is 5.26. The number of rotatable bonds is 4. The summed E-state index contributed by atoms with van der Waals surface area (Å²) in [5, 5.41) is 2.82. The molecule has 3 aromatic rings. The summed E-state index contributed by atoms with van der Waals surface area (Å²) in [5.41, 5.74) is 3.46. The molecule has 0 saturated heterocycles. The molecule has 140 valence electrons. The smallest absolute Gasteiger partial charge is 0.276 e. The summed E-state index contributed by atoms with van der Waals surface area (Å²) in [4.78, 5) is 34.9. The van der Waals surface area contributed by atoms with Gasteiger partial charge in [0, 0.05) is 33.8 Å². The molecule has 0 saturated carbocycles. The second kappa shape index (κ2) is 7.78. The van der Waals surface area contributed by atoms with Crippen LogP contribution in [0.3, 0.4) is 0 Å². The molecule has 0 fully saturated rings. The number of hydrogen-bond acceptors (Lipinski definition) is 4. The first kappa shape index (κ1) is 18.3. The monoisotopic (exact) mass is 364 g/mol. The minimum atomic E-state index is -0.313. The Balaban J connectivity index is 0.00000210. The molecule has 2 aromatic carbocycles. The van der Waals surface area contributed by atoms with E-state index in [1.54, 1.807) is 51.5 Å². The van der Waals surface area contributed by atoms with E-state index in [2.05, 4.69) is 15.3 Å². The lowest BCUT2D eigenvalue weighted by atomic mass is 10.1. The third-order valence-corrected chi connectivity index (χ3v) is 4.04. The third-order valence-electron chi connectivity index (χ3n) is 4.04. The molecule has 0 radical (unpaired) electrons. The van der Waals surface area contributed by atoms with Gasteiger partial charge in [-0.25, -0.2) is 4.98 Å². The SMILES string of the molecule is Cc1ncc(-c2ccc(C(=O)N(C)C)cc2)nc1C(=O)Nc1ccccc1.[HH].[HH]. The molecule has 1 heterocycles. The molecule has 0 bridgehead atoms. The Morgan fingerprint density at radius 2 is 1.67 bits per heavy atom. The van der Waals surface area contributed by atoms with E-state index in [4.69, 9.17) is 0 Å². The Labute approximate surface area is 160 Å². The van der Waals surface area contributed by atoms with Gasteiger partial charge < -0.3 is 10.2 Å². The van der Waals surface area contributed by atoms with E-state index >= 15 is 0 Å². The third kappa shape index (κ3) is 4.17. The van der Waals surface area contributed by atoms with Gasteiger partial charge in [-0.05, 0) is 31.2 Å². The summed E-state index contributed by atoms with van der Waals surface area (Å²) < 4.78 is 0. The van der Waals surface area contributed by atoms with E-state index < -0.39 is 0 Å². The largest absolute Gasteiger partial charge is 0.345 e. The molecule has 27 heavy (non-hydrogen) atoms. The molecule has 0 unspecified atom stereocenters. The molecule has 1 aromatic heterocycles. The van der Waals surface area contributed by atoms with Crippen molar-refractivity contribution in [2.45, 2.75) is 6.92 Å². The number of carbonyl (C=O) groups is 2. The van der Waals surface area contributed by atoms with Gasteiger partial charge in [0.2, 0.25) is 0 Å². The number of hydrogen-bond donors (Lipinski definition) is 1. The van der Waals surface area contributed by atoms with Gasteiger partial charge in [-0.2, -0.15) is 0 Å². The predicted molar refractivity (Wildman–Crippen MR) is 109 cm³/mol. The van der Waals surface area contributed by atoms with Gasteiger partial charge in [-0.1, -0.05) is 30.3 Å². The predicted octanol–water partition coefficient (Wildman–Crippen LogP) is 3.90. The van der Waals surface area contributed by atoms with Crippen LogP contribution < -0.4 is 5.32 Å². The summed E-state index contributed by atoms with van der Waals surface area (Å²) in [6, 6.07) is 16.3. The van der Waals surface area contributed by atoms with Crippen LogP contribution in [0.25, 0.3) is 11.3 Å². The van der Waals surface area contributed by atoms with Gasteiger partial charge in [-0.3, -0.25) is 14.6 Å². The molecule has 2 amide bonds. The zero-order chi connectivity index (χ0) is 19.4. The standard InChI is InChI=1S/C21H20N4O2.2H2/c1-14-19(20(26)23-17-7-5-4-6-8-17)24-18(13-22-14)15-9-11-16(12-10-15)21(27)25(2)3;;/h4-13H,1-3H3,(H,23,26);2*1H. The lowest BCUT2D eigenvalue weighted by molar-refractivity contribution is 0.0827. The van der Waals surface area contributed by atoms with Gasteiger partial charge in [0.05, 0.1) is 17.6 Å². The van der Waals surface area contributed by atoms with Crippen molar-refractivity contribution >= 4 is 17.5 Å². The minimum absolute atomic E-state index is 0. The van der Waals surface area contributed by atoms with Gasteiger partial charge in [0.25, 0.3) is 11.8 Å². The number of aromatic nitrogens is 2. The number of para-hydroxylation sites is 1. The molecule has 3 rings (SSSR count). The van der Waals surface area contributed by atoms with Crippen molar-refractivity contribution in [3.8, 4) is 11.3 Å². The van der Waals surface area contributed by atoms with Gasteiger partial charge >= 0.3 is 0 Å². The van der Waals surface area contributed by atoms with Crippen molar-refractivity contribution in [3.63, 3.8) is 0 Å². The number of aryl methyl sites for hydroxylation is 1. The van der Waals surface area contributed by atoms with Gasteiger partial charge in [0.15, 0.2) is 0 Å². The highest BCUT2D eigenvalue weighted by Gasteiger charge is 2.15. The highest BCUT2D eigenvalue weighted by atomic mass is 16.2. The molecular weight excluding hydrogens is 340 g/mol. The van der Waals surface area contributed by atoms with Crippen LogP contribution in [0.5, 0.6) is 0 Å². The molecule has 0 aliphatic heterocycles. The van der Waals surface area contributed by atoms with Crippen LogP contribution in [0.1, 0.15) is 29.4 Å². The number of carbonyl (C=O) groups excluding carboxylic acids is 2. The van der Waals surface area contributed by atoms with E-state index in [1.165, 1.54) is 4.90 Å². The molecule has 1 N–H and O–H groups in total. The van der Waals surface area contributed by atoms with E-state index in [-0.39, 0.29) is 20.4 Å². The van der Waals surface area contributed by atoms with Crippen LogP contribution in [0.4, 0.5) is 5.69 Å². The number of benzene rings is 2. The van der Waals surface area contributed by atoms with Gasteiger partial charge in [-0.15, -0.1) is 0 Å². The molecule has 0 aliphatic rings. The van der Waals surface area contributed by atoms with Crippen LogP contribution in [0.2, 0.25) is 0 Å². The van der Waals surface area contributed by atoms with Crippen molar-refractivity contribution in [3.05, 3.63) is 77.7 Å². The second-order valence-corrected chi connectivity index (χ2v) is 6.29. The quantitative estimate of drug-likeness (QED) is 0.762. The summed E-state index contributed by atoms with van der Waals surface area (Å²) in [7, 11) is 3.42. The highest BCUT2D eigenvalue weighted by Crippen LogP contribution is 2.19. The number of amides is 2. The first-order chi connectivity index (χ1) is 13.0. The Hall–Kier alpha value is -3.54. The van der Waals surface area contributed by atoms with E-state index in [0.717, 1.165) is 5.56 Å². The normalized spacial score (nSPS) is 10.3. The van der Waals surface area contributed by atoms with Crippen LogP contribution >= 0.6 is 0 Å². The van der Waals surface area contributed by atoms with Crippen molar-refractivity contribution in [2.75, 3.05) is 19.4 Å². The first-order valence-electron chi connectivity index (χ1n) is 8.48. The summed E-state index contributed by atoms with van der Waals surface area (Å²) >= 11 is 0. The average molecular weight is 364 g/mol. The average Bonchev–Trinajstić information content (AvgIpc) is 2.68. The van der Waals surface area contributed by atoms with Crippen molar-refractivity contribution < 1.29 is 12.4 Å². The molecule has 0 atom stereocenters. The van der Waals surface area contributed by atoms with E-state index in [9.17, 15) is 9.59 Å². The summed E-state index contributed by atoms with van der Waals surface area (Å²) in [6.07, 6.45) is 1.62. The fraction of sp³-hybridized carbons (Fsp3) is 0.143. The maximum absolute atomic E-state index is 12.6. The zero-order valence-corrected chi connectivity index (χ0v) is 15.4. The summed E-state index contributed by atoms with van der Waals surface area (Å²) in [6.45, 7) is 1.75. The number of anilines is 1. The molecule has 6 nitrogen and oxygen atoms in total. The Morgan fingerprint density at radius 1 is 1.00 bits per heavy atom. The Morgan fingerprint density at radius 3 is 2.30 bits per heavy atom. The van der Waals surface area contributed by atoms with Gasteiger partial charge in [0.1, 0.15) is 5.69 Å². The van der Waals surface area contributed by atoms with Crippen LogP contribution in [0.15, 0.2) is 60.8 Å². The molecule has 0 aliphatic carbocycles. The van der Waals surface area contributed by atoms with E-state index in [0.29, 0.717) is 22.6 Å². The fourth-order valence-electron chi connectivity index (χ4n) is 2.56. The zero-order valence-electron chi connectivity index (χ0n) is 15.4. The number of nitrogens with zero attached hydrogens (tertiary/aromatic N) is 3. The maximum atomic E-state index is 12.6. The van der Waals surface area contributed by atoms with Crippen molar-refractivity contribution in [1.82, 2.24) is 14.9 Å². The van der Waals surface area contributed by atoms with Crippen LogP contribution in [0, 0.1) is 6.92 Å². The molecular formula is C21H24N4O2. The van der Waals surface area contributed by atoms with Crippen molar-refractivity contribution in [1.29, 1.82) is 0 Å². The maximum Gasteiger partial charge on any atom is 0.276 e. The highest BCUT2D eigenvalue weighted by molar-refractivity contribution is 6.03. The van der Waals surface area contributed by atoms with E-state index in [1.807, 2.05) is 30.3 Å². The topological polar surface area (TPSA) is 75.2 Å². The van der Waals surface area contributed by atoms with Crippen LogP contribution in [-0.4, -0.2) is 40.8 Å². The Bertz CT molecular complexity index is 978. The summed E-state index contributed by atoms with van der Waals surface area (Å²) in [5.74, 6) is -0.382. The van der Waals surface area contributed by atoms with Crippen LogP contribution in [-0.2, 0) is 0 Å². The number of nitrogens with one attached hydrogen (secondary N) is 1. The first-order valence-corrected chi connectivity index (χ1v) is 8.48. The molecule has 0 spiro atoms. The fourth-order valence-corrected chi connectivity index (χ4v) is 2.56. The van der Waals surface area contributed by atoms with Crippen molar-refractivity contribution in [2.24, 2.45) is 0 Å². The minimum Gasteiger partial charge on any atom is -0.345 e. The lowest BCUT2D eigenvalue weighted by Gasteiger charge is -2.11. The lowest BCUT2D eigenvalue weighted by Crippen LogP contribution is -2.21.